The molecule has 2 atom stereocenters. The smallest absolute Gasteiger partial charge is 0.304 e. The Bertz CT molecular complexity index is 236. The van der Waals surface area contributed by atoms with Gasteiger partial charge in [0, 0.05) is 12.1 Å². The predicted molar refractivity (Wildman–Crippen MR) is 60.9 cm³/mol. The maximum absolute atomic E-state index is 10.7. The van der Waals surface area contributed by atoms with Crippen LogP contribution in [-0.2, 0) is 4.79 Å². The highest BCUT2D eigenvalue weighted by Crippen LogP contribution is 2.50. The van der Waals surface area contributed by atoms with Crippen LogP contribution < -0.4 is 0 Å². The van der Waals surface area contributed by atoms with Crippen LogP contribution in [0, 0.1) is 5.41 Å². The summed E-state index contributed by atoms with van der Waals surface area (Å²) in [4.78, 5) is 13.0. The maximum atomic E-state index is 10.7. The van der Waals surface area contributed by atoms with Gasteiger partial charge in [0.25, 0.3) is 0 Å². The Kier molecular flexibility index (Phi) is 3.77. The van der Waals surface area contributed by atoms with Crippen LogP contribution in [0.25, 0.3) is 0 Å². The molecule has 0 aromatic rings. The predicted octanol–water partition coefficient (Wildman–Crippen LogP) is 2.36. The third kappa shape index (κ3) is 2.94. The summed E-state index contributed by atoms with van der Waals surface area (Å²) in [5.74, 6) is -0.700. The van der Waals surface area contributed by atoms with E-state index < -0.39 is 5.97 Å². The summed E-state index contributed by atoms with van der Waals surface area (Å²) in [7, 11) is 0. The lowest BCUT2D eigenvalue weighted by Crippen LogP contribution is -2.45. The number of hydrogen-bond acceptors (Lipinski definition) is 2. The highest BCUT2D eigenvalue weighted by molar-refractivity contribution is 5.67. The molecule has 1 saturated carbocycles. The standard InChI is InChI=1S/C12H23NO2/c1-5-13(9(2)8-11(14)15)10(3)12(4)6-7-12/h9-10H,5-8H2,1-4H3,(H,14,15). The number of hydrogen-bond donors (Lipinski definition) is 1. The Morgan fingerprint density at radius 1 is 1.47 bits per heavy atom. The van der Waals surface area contributed by atoms with Crippen LogP contribution in [-0.4, -0.2) is 34.6 Å². The average Bonchev–Trinajstić information content (AvgIpc) is 2.84. The van der Waals surface area contributed by atoms with Gasteiger partial charge >= 0.3 is 5.97 Å². The molecule has 3 heteroatoms. The van der Waals surface area contributed by atoms with Gasteiger partial charge in [0.2, 0.25) is 0 Å². The van der Waals surface area contributed by atoms with Crippen LogP contribution in [0.5, 0.6) is 0 Å². The Hall–Kier alpha value is -0.570. The van der Waals surface area contributed by atoms with E-state index in [2.05, 4.69) is 25.7 Å². The molecule has 0 heterocycles. The third-order valence-corrected chi connectivity index (χ3v) is 3.95. The van der Waals surface area contributed by atoms with Gasteiger partial charge in [-0.15, -0.1) is 0 Å². The number of rotatable bonds is 6. The fourth-order valence-electron chi connectivity index (χ4n) is 2.35. The zero-order valence-corrected chi connectivity index (χ0v) is 10.3. The first kappa shape index (κ1) is 12.5. The van der Waals surface area contributed by atoms with Gasteiger partial charge in [-0.05, 0) is 38.6 Å². The molecule has 1 N–H and O–H groups in total. The lowest BCUT2D eigenvalue weighted by atomic mass is 9.97. The van der Waals surface area contributed by atoms with Gasteiger partial charge in [-0.2, -0.15) is 0 Å². The van der Waals surface area contributed by atoms with Crippen LogP contribution in [0.3, 0.4) is 0 Å². The fraction of sp³-hybridized carbons (Fsp3) is 0.917. The largest absolute Gasteiger partial charge is 0.481 e. The summed E-state index contributed by atoms with van der Waals surface area (Å²) in [6, 6.07) is 0.636. The van der Waals surface area contributed by atoms with Crippen LogP contribution >= 0.6 is 0 Å². The minimum Gasteiger partial charge on any atom is -0.481 e. The van der Waals surface area contributed by atoms with Gasteiger partial charge < -0.3 is 5.11 Å². The zero-order valence-electron chi connectivity index (χ0n) is 10.3. The van der Waals surface area contributed by atoms with E-state index in [0.29, 0.717) is 11.5 Å². The molecular formula is C12H23NO2. The number of carboxylic acid groups (broad SMARTS) is 1. The third-order valence-electron chi connectivity index (χ3n) is 3.95. The van der Waals surface area contributed by atoms with Crippen molar-refractivity contribution < 1.29 is 9.90 Å². The van der Waals surface area contributed by atoms with Gasteiger partial charge in [-0.3, -0.25) is 9.69 Å². The van der Waals surface area contributed by atoms with E-state index in [9.17, 15) is 4.79 Å². The summed E-state index contributed by atoms with van der Waals surface area (Å²) in [5, 5.41) is 8.80. The lowest BCUT2D eigenvalue weighted by molar-refractivity contribution is -0.138. The molecule has 2 unspecified atom stereocenters. The molecule has 88 valence electrons. The van der Waals surface area contributed by atoms with Crippen LogP contribution in [0.1, 0.15) is 47.0 Å². The van der Waals surface area contributed by atoms with Crippen molar-refractivity contribution in [2.24, 2.45) is 5.41 Å². The highest BCUT2D eigenvalue weighted by atomic mass is 16.4. The molecule has 0 bridgehead atoms. The van der Waals surface area contributed by atoms with E-state index in [1.54, 1.807) is 0 Å². The van der Waals surface area contributed by atoms with E-state index in [4.69, 9.17) is 5.11 Å². The molecule has 0 amide bonds. The Morgan fingerprint density at radius 3 is 2.33 bits per heavy atom. The lowest BCUT2D eigenvalue weighted by Gasteiger charge is -2.36. The topological polar surface area (TPSA) is 40.5 Å². The SMILES string of the molecule is CCN(C(C)CC(=O)O)C(C)C1(C)CC1. The second kappa shape index (κ2) is 4.52. The second-order valence-electron chi connectivity index (χ2n) is 5.11. The molecular weight excluding hydrogens is 190 g/mol. The number of carboxylic acids is 1. The van der Waals surface area contributed by atoms with Crippen LogP contribution in [0.4, 0.5) is 0 Å². The van der Waals surface area contributed by atoms with Gasteiger partial charge in [-0.1, -0.05) is 13.8 Å². The molecule has 3 nitrogen and oxygen atoms in total. The van der Waals surface area contributed by atoms with Crippen molar-refractivity contribution in [3.05, 3.63) is 0 Å². The highest BCUT2D eigenvalue weighted by Gasteiger charge is 2.45. The molecule has 1 rings (SSSR count). The number of carbonyl (C=O) groups is 1. The molecule has 0 aromatic heterocycles. The summed E-state index contributed by atoms with van der Waals surface area (Å²) in [5.41, 5.74) is 0.433. The molecule has 0 aliphatic heterocycles. The first-order chi connectivity index (χ1) is 6.90. The molecule has 1 aliphatic rings. The fourth-order valence-corrected chi connectivity index (χ4v) is 2.35. The van der Waals surface area contributed by atoms with E-state index in [1.165, 1.54) is 12.8 Å². The first-order valence-corrected chi connectivity index (χ1v) is 5.88. The Balaban J connectivity index is 2.57. The molecule has 0 spiro atoms. The summed E-state index contributed by atoms with van der Waals surface area (Å²) < 4.78 is 0. The van der Waals surface area contributed by atoms with E-state index >= 15 is 0 Å². The summed E-state index contributed by atoms with van der Waals surface area (Å²) >= 11 is 0. The molecule has 15 heavy (non-hydrogen) atoms. The molecule has 0 saturated heterocycles. The average molecular weight is 213 g/mol. The Morgan fingerprint density at radius 2 is 2.00 bits per heavy atom. The quantitative estimate of drug-likeness (QED) is 0.736. The van der Waals surface area contributed by atoms with Gasteiger partial charge in [0.05, 0.1) is 6.42 Å². The first-order valence-electron chi connectivity index (χ1n) is 5.88. The van der Waals surface area contributed by atoms with E-state index in [0.717, 1.165) is 6.54 Å². The van der Waals surface area contributed by atoms with Crippen molar-refractivity contribution in [2.45, 2.75) is 59.0 Å². The number of nitrogens with zero attached hydrogens (tertiary/aromatic N) is 1. The van der Waals surface area contributed by atoms with Crippen molar-refractivity contribution in [1.29, 1.82) is 0 Å². The van der Waals surface area contributed by atoms with E-state index in [-0.39, 0.29) is 12.5 Å². The van der Waals surface area contributed by atoms with Crippen molar-refractivity contribution in [1.82, 2.24) is 4.90 Å². The van der Waals surface area contributed by atoms with Crippen LogP contribution in [0.15, 0.2) is 0 Å². The minimum absolute atomic E-state index is 0.139. The summed E-state index contributed by atoms with van der Waals surface area (Å²) in [6.45, 7) is 9.59. The van der Waals surface area contributed by atoms with Gasteiger partial charge in [0.1, 0.15) is 0 Å². The zero-order chi connectivity index (χ0) is 11.6. The molecule has 1 aliphatic carbocycles. The van der Waals surface area contributed by atoms with E-state index in [1.807, 2.05) is 6.92 Å². The molecule has 0 aromatic carbocycles. The Labute approximate surface area is 92.5 Å². The van der Waals surface area contributed by atoms with Crippen molar-refractivity contribution >= 4 is 5.97 Å². The second-order valence-corrected chi connectivity index (χ2v) is 5.11. The van der Waals surface area contributed by atoms with Crippen molar-refractivity contribution in [3.8, 4) is 0 Å². The minimum atomic E-state index is -0.700. The maximum Gasteiger partial charge on any atom is 0.304 e. The normalized spacial score (nSPS) is 22.5. The van der Waals surface area contributed by atoms with Gasteiger partial charge in [0.15, 0.2) is 0 Å². The monoisotopic (exact) mass is 213 g/mol. The van der Waals surface area contributed by atoms with Crippen molar-refractivity contribution in [3.63, 3.8) is 0 Å². The number of aliphatic carboxylic acids is 1. The van der Waals surface area contributed by atoms with Crippen molar-refractivity contribution in [2.75, 3.05) is 6.54 Å². The van der Waals surface area contributed by atoms with Crippen LogP contribution in [0.2, 0.25) is 0 Å². The summed E-state index contributed by atoms with van der Waals surface area (Å²) in [6.07, 6.45) is 2.81. The molecule has 0 radical (unpaired) electrons. The van der Waals surface area contributed by atoms with Gasteiger partial charge in [-0.25, -0.2) is 0 Å². The molecule has 1 fully saturated rings.